The molecule has 0 bridgehead atoms. The smallest absolute Gasteiger partial charge is 0.435 e. The monoisotopic (exact) mass is 940 g/mol. The summed E-state index contributed by atoms with van der Waals surface area (Å²) in [6.07, 6.45) is -11.3. The average Bonchev–Trinajstić information content (AvgIpc) is 3.50. The second kappa shape index (κ2) is 23.3. The van der Waals surface area contributed by atoms with Crippen molar-refractivity contribution in [3.8, 4) is 11.8 Å². The predicted molar refractivity (Wildman–Crippen MR) is 222 cm³/mol. The van der Waals surface area contributed by atoms with Crippen molar-refractivity contribution in [3.63, 3.8) is 0 Å². The van der Waals surface area contributed by atoms with E-state index in [2.05, 4.69) is 62.2 Å². The van der Waals surface area contributed by atoms with Crippen LogP contribution in [0.25, 0.3) is 0 Å². The van der Waals surface area contributed by atoms with Crippen molar-refractivity contribution in [3.05, 3.63) is 29.3 Å². The Balaban J connectivity index is 1.13. The van der Waals surface area contributed by atoms with Gasteiger partial charge >= 0.3 is 24.1 Å². The summed E-state index contributed by atoms with van der Waals surface area (Å²) in [5.41, 5.74) is -3.91. The number of rotatable bonds is 25. The van der Waals surface area contributed by atoms with Gasteiger partial charge in [0.25, 0.3) is 8.53 Å². The first-order valence-corrected chi connectivity index (χ1v) is 25.0. The van der Waals surface area contributed by atoms with E-state index in [0.29, 0.717) is 50.4 Å². The van der Waals surface area contributed by atoms with E-state index < -0.39 is 45.7 Å². The number of halogens is 9. The van der Waals surface area contributed by atoms with E-state index in [4.69, 9.17) is 23.8 Å². The van der Waals surface area contributed by atoms with Gasteiger partial charge in [-0.3, -0.25) is 0 Å². The number of benzene rings is 1. The maximum Gasteiger partial charge on any atom is 0.435 e. The molecule has 1 aromatic rings. The fourth-order valence-electron chi connectivity index (χ4n) is 9.50. The lowest BCUT2D eigenvalue weighted by atomic mass is 9.55. The molecule has 350 valence electrons. The molecular weight excluding hydrogens is 879 g/mol. The summed E-state index contributed by atoms with van der Waals surface area (Å²) in [7, 11) is 2.48. The van der Waals surface area contributed by atoms with Gasteiger partial charge in [0.1, 0.15) is 5.75 Å². The van der Waals surface area contributed by atoms with Crippen LogP contribution in [0.1, 0.15) is 122 Å². The third-order valence-corrected chi connectivity index (χ3v) is 16.8. The van der Waals surface area contributed by atoms with Crippen molar-refractivity contribution in [2.45, 2.75) is 160 Å². The Kier molecular flexibility index (Phi) is 20.0. The molecule has 0 heterocycles. The number of alkyl halides is 9. The molecule has 4 rings (SSSR count). The number of nitriles is 1. The highest BCUT2D eigenvalue weighted by Crippen LogP contribution is 2.62. The largest absolute Gasteiger partial charge is 0.493 e. The lowest BCUT2D eigenvalue weighted by molar-refractivity contribution is -0.457. The van der Waals surface area contributed by atoms with E-state index >= 15 is 0 Å². The standard InChI is InChI=1S/C42H62F9N2O5PS2/c1-29(2)53(30(3)4)59(58-24-10-20-52)57-23-8-6-7-9-26-60-61-27-25-54-32-13-15-33-31(28-32)12-14-35-34(33)18-19-38(5)36(35)16-17-37(38)55-21-11-22-56-39(40(43,44)45,41(46,47)48)42(49,50)51/h13,15,28-30,34-37H,6-12,14,16-19,21-27H2,1-5H3/t34-,35-,36+,37+,38+,59?/m1/s1. The van der Waals surface area contributed by atoms with Crippen molar-refractivity contribution in [2.24, 2.45) is 17.3 Å². The fourth-order valence-corrected chi connectivity index (χ4v) is 13.1. The van der Waals surface area contributed by atoms with Crippen molar-refractivity contribution >= 4 is 30.1 Å². The van der Waals surface area contributed by atoms with Crippen LogP contribution in [-0.4, -0.2) is 91.5 Å². The first-order valence-electron chi connectivity index (χ1n) is 21.4. The third kappa shape index (κ3) is 13.2. The Hall–Kier alpha value is -1.19. The van der Waals surface area contributed by atoms with Crippen LogP contribution in [-0.2, 0) is 24.9 Å². The van der Waals surface area contributed by atoms with Crippen LogP contribution in [0.5, 0.6) is 5.75 Å². The second-order valence-electron chi connectivity index (χ2n) is 16.9. The van der Waals surface area contributed by atoms with E-state index in [9.17, 15) is 39.5 Å². The SMILES string of the molecule is CC(C)N(C(C)C)P(OCCC#N)OCCCCCCSSCCOc1ccc2c(c1)CC[C@@H]1[C@@H]2CC[C@]2(C)[C@@H](OCCCOC(C(F)(F)F)(C(F)(F)F)C(F)(F)F)CC[C@@H]12. The van der Waals surface area contributed by atoms with Gasteiger partial charge in [-0.25, -0.2) is 4.67 Å². The highest BCUT2D eigenvalue weighted by atomic mass is 33.1. The van der Waals surface area contributed by atoms with Crippen molar-refractivity contribution in [2.75, 3.05) is 44.5 Å². The molecule has 19 heteroatoms. The van der Waals surface area contributed by atoms with Crippen molar-refractivity contribution in [1.29, 1.82) is 5.26 Å². The minimum Gasteiger partial charge on any atom is -0.493 e. The van der Waals surface area contributed by atoms with Crippen LogP contribution in [0.4, 0.5) is 39.5 Å². The summed E-state index contributed by atoms with van der Waals surface area (Å²) in [5, 5.41) is 8.89. The first-order chi connectivity index (χ1) is 28.7. The van der Waals surface area contributed by atoms with Crippen molar-refractivity contribution in [1.82, 2.24) is 4.67 Å². The molecule has 2 fully saturated rings. The summed E-state index contributed by atoms with van der Waals surface area (Å²) in [6, 6.07) is 9.06. The Morgan fingerprint density at radius 3 is 2.10 bits per heavy atom. The first kappa shape index (κ1) is 52.4. The van der Waals surface area contributed by atoms with Gasteiger partial charge < -0.3 is 23.3 Å². The summed E-state index contributed by atoms with van der Waals surface area (Å²) >= 11 is 0. The summed E-state index contributed by atoms with van der Waals surface area (Å²) in [5.74, 6) is 3.83. The molecule has 0 saturated heterocycles. The van der Waals surface area contributed by atoms with Gasteiger partial charge in [0, 0.05) is 30.2 Å². The third-order valence-electron chi connectivity index (χ3n) is 12.2. The van der Waals surface area contributed by atoms with E-state index in [1.54, 1.807) is 0 Å². The van der Waals surface area contributed by atoms with E-state index in [1.807, 2.05) is 27.7 Å². The zero-order valence-corrected chi connectivity index (χ0v) is 38.3. The maximum atomic E-state index is 13.2. The molecule has 3 aliphatic rings. The highest BCUT2D eigenvalue weighted by Gasteiger charge is 2.85. The zero-order valence-electron chi connectivity index (χ0n) is 35.7. The van der Waals surface area contributed by atoms with E-state index in [0.717, 1.165) is 75.0 Å². The number of hydrogen-bond donors (Lipinski definition) is 0. The van der Waals surface area contributed by atoms with Gasteiger partial charge in [0.05, 0.1) is 45.0 Å². The summed E-state index contributed by atoms with van der Waals surface area (Å²) < 4.78 is 149. The summed E-state index contributed by atoms with van der Waals surface area (Å²) in [6.45, 7) is 10.5. The molecule has 2 saturated carbocycles. The number of hydrogen-bond acceptors (Lipinski definition) is 9. The van der Waals surface area contributed by atoms with E-state index in [-0.39, 0.29) is 30.2 Å². The number of ether oxygens (including phenoxy) is 3. The van der Waals surface area contributed by atoms with Gasteiger partial charge in [0.15, 0.2) is 0 Å². The number of fused-ring (bicyclic) bond motifs is 5. The Morgan fingerprint density at radius 2 is 1.44 bits per heavy atom. The molecule has 0 radical (unpaired) electrons. The van der Waals surface area contributed by atoms with Crippen LogP contribution in [0.2, 0.25) is 0 Å². The lowest BCUT2D eigenvalue weighted by Gasteiger charge is -2.50. The van der Waals surface area contributed by atoms with Crippen LogP contribution < -0.4 is 4.74 Å². The normalized spacial score (nSPS) is 23.9. The molecule has 0 amide bonds. The lowest BCUT2D eigenvalue weighted by Crippen LogP contribution is -2.67. The zero-order chi connectivity index (χ0) is 45.1. The van der Waals surface area contributed by atoms with Gasteiger partial charge in [0.2, 0.25) is 0 Å². The van der Waals surface area contributed by atoms with Gasteiger partial charge in [-0.1, -0.05) is 47.4 Å². The minimum absolute atomic E-state index is 0.260. The van der Waals surface area contributed by atoms with Crippen LogP contribution in [0.15, 0.2) is 18.2 Å². The molecular formula is C42H62F9N2O5PS2. The minimum atomic E-state index is -6.74. The van der Waals surface area contributed by atoms with Gasteiger partial charge in [-0.05, 0) is 132 Å². The summed E-state index contributed by atoms with van der Waals surface area (Å²) in [4.78, 5) is 0. The number of aryl methyl sites for hydroxylation is 1. The average molecular weight is 941 g/mol. The fraction of sp³-hybridized carbons (Fsp3) is 0.833. The molecule has 3 aliphatic carbocycles. The van der Waals surface area contributed by atoms with Crippen LogP contribution >= 0.6 is 30.1 Å². The molecule has 0 aliphatic heterocycles. The van der Waals surface area contributed by atoms with Gasteiger partial charge in [-0.2, -0.15) is 44.8 Å². The molecule has 7 nitrogen and oxygen atoms in total. The number of unbranched alkanes of at least 4 members (excludes halogenated alkanes) is 3. The Morgan fingerprint density at radius 1 is 0.787 bits per heavy atom. The maximum absolute atomic E-state index is 13.2. The van der Waals surface area contributed by atoms with Gasteiger partial charge in [-0.15, -0.1) is 0 Å². The topological polar surface area (TPSA) is 73.2 Å². The van der Waals surface area contributed by atoms with Crippen LogP contribution in [0.3, 0.4) is 0 Å². The number of nitrogens with zero attached hydrogens (tertiary/aromatic N) is 2. The predicted octanol–water partition coefficient (Wildman–Crippen LogP) is 13.4. The molecule has 1 unspecified atom stereocenters. The highest BCUT2D eigenvalue weighted by molar-refractivity contribution is 8.76. The van der Waals surface area contributed by atoms with Crippen molar-refractivity contribution < 1.29 is 62.8 Å². The molecule has 0 aromatic heterocycles. The quantitative estimate of drug-likeness (QED) is 0.0412. The molecule has 6 atom stereocenters. The Bertz CT molecular complexity index is 1490. The Labute approximate surface area is 364 Å². The molecule has 0 spiro atoms. The molecule has 61 heavy (non-hydrogen) atoms. The molecule has 0 N–H and O–H groups in total. The second-order valence-corrected chi connectivity index (χ2v) is 21.1. The van der Waals surface area contributed by atoms with Crippen LogP contribution in [0, 0.1) is 28.6 Å². The molecule has 1 aromatic carbocycles. The van der Waals surface area contributed by atoms with E-state index in [1.165, 1.54) is 11.1 Å².